The normalized spacial score (nSPS) is 10.1. The molecule has 1 aromatic heterocycles. The number of carbonyl (C=O) groups excluding carboxylic acids is 1. The van der Waals surface area contributed by atoms with Crippen LogP contribution in [0.2, 0.25) is 0 Å². The largest absolute Gasteiger partial charge is 0.388 e. The number of hydrogen-bond donors (Lipinski definition) is 2. The molecule has 0 unspecified atom stereocenters. The molecule has 21 heavy (non-hydrogen) atoms. The topological polar surface area (TPSA) is 115 Å². The standard InChI is InChI=1S/C12H14N6O3/c1-13-9-2-3-11(18(20)21)10(8-9)12(19)14-4-6-17-7-5-15-16-17/h2-3,5,7-8,13H,4,6H2,1H3,(H,14,19). The number of nitro benzene ring substituents is 1. The summed E-state index contributed by atoms with van der Waals surface area (Å²) in [5.41, 5.74) is 0.416. The van der Waals surface area contributed by atoms with E-state index in [0.717, 1.165) is 0 Å². The van der Waals surface area contributed by atoms with E-state index in [0.29, 0.717) is 18.8 Å². The van der Waals surface area contributed by atoms with Crippen LogP contribution >= 0.6 is 0 Å². The first kappa shape index (κ1) is 14.4. The summed E-state index contributed by atoms with van der Waals surface area (Å²) in [7, 11) is 1.67. The van der Waals surface area contributed by atoms with Crippen molar-refractivity contribution in [2.75, 3.05) is 18.9 Å². The van der Waals surface area contributed by atoms with Crippen LogP contribution < -0.4 is 10.6 Å². The Hall–Kier alpha value is -2.97. The van der Waals surface area contributed by atoms with Gasteiger partial charge >= 0.3 is 0 Å². The summed E-state index contributed by atoms with van der Waals surface area (Å²) in [6.45, 7) is 0.731. The van der Waals surface area contributed by atoms with Gasteiger partial charge in [-0.2, -0.15) is 0 Å². The van der Waals surface area contributed by atoms with Crippen LogP contribution in [0, 0.1) is 10.1 Å². The van der Waals surface area contributed by atoms with Gasteiger partial charge in [-0.25, -0.2) is 0 Å². The molecule has 9 nitrogen and oxygen atoms in total. The number of carbonyl (C=O) groups is 1. The summed E-state index contributed by atoms with van der Waals surface area (Å²) in [5, 5.41) is 23.8. The Bertz CT molecular complexity index is 640. The van der Waals surface area contributed by atoms with E-state index in [1.165, 1.54) is 18.3 Å². The van der Waals surface area contributed by atoms with Crippen molar-refractivity contribution in [1.82, 2.24) is 20.3 Å². The van der Waals surface area contributed by atoms with Crippen LogP contribution in [0.3, 0.4) is 0 Å². The molecule has 2 rings (SSSR count). The van der Waals surface area contributed by atoms with Gasteiger partial charge in [-0.3, -0.25) is 19.6 Å². The van der Waals surface area contributed by atoms with Gasteiger partial charge in [0.2, 0.25) is 0 Å². The monoisotopic (exact) mass is 290 g/mol. The van der Waals surface area contributed by atoms with Crippen molar-refractivity contribution >= 4 is 17.3 Å². The number of nitro groups is 1. The van der Waals surface area contributed by atoms with Crippen molar-refractivity contribution in [1.29, 1.82) is 0 Å². The van der Waals surface area contributed by atoms with Crippen LogP contribution in [0.15, 0.2) is 30.6 Å². The third-order valence-corrected chi connectivity index (χ3v) is 2.82. The molecule has 0 spiro atoms. The average Bonchev–Trinajstić information content (AvgIpc) is 2.99. The molecule has 110 valence electrons. The molecule has 0 atom stereocenters. The highest BCUT2D eigenvalue weighted by molar-refractivity contribution is 5.99. The van der Waals surface area contributed by atoms with E-state index in [1.807, 2.05) is 0 Å². The second kappa shape index (κ2) is 6.46. The third kappa shape index (κ3) is 3.53. The number of anilines is 1. The summed E-state index contributed by atoms with van der Waals surface area (Å²) in [6, 6.07) is 4.30. The van der Waals surface area contributed by atoms with Gasteiger partial charge in [0.1, 0.15) is 5.56 Å². The predicted octanol–water partition coefficient (Wildman–Crippen LogP) is 0.658. The predicted molar refractivity (Wildman–Crippen MR) is 75.0 cm³/mol. The Labute approximate surface area is 120 Å². The van der Waals surface area contributed by atoms with E-state index >= 15 is 0 Å². The molecular formula is C12H14N6O3. The molecule has 0 fully saturated rings. The zero-order chi connectivity index (χ0) is 15.2. The fourth-order valence-electron chi connectivity index (χ4n) is 1.76. The molecule has 1 heterocycles. The number of benzene rings is 1. The summed E-state index contributed by atoms with van der Waals surface area (Å²) >= 11 is 0. The zero-order valence-electron chi connectivity index (χ0n) is 11.3. The quantitative estimate of drug-likeness (QED) is 0.596. The van der Waals surface area contributed by atoms with E-state index in [9.17, 15) is 14.9 Å². The maximum Gasteiger partial charge on any atom is 0.282 e. The summed E-state index contributed by atoms with van der Waals surface area (Å²) < 4.78 is 1.55. The van der Waals surface area contributed by atoms with Crippen molar-refractivity contribution in [2.45, 2.75) is 6.54 Å². The molecule has 0 saturated carbocycles. The Balaban J connectivity index is 2.08. The highest BCUT2D eigenvalue weighted by Crippen LogP contribution is 2.22. The zero-order valence-corrected chi connectivity index (χ0v) is 11.3. The Kier molecular flexibility index (Phi) is 4.44. The molecule has 0 aliphatic rings. The molecule has 0 radical (unpaired) electrons. The number of nitrogens with zero attached hydrogens (tertiary/aromatic N) is 4. The minimum atomic E-state index is -0.578. The van der Waals surface area contributed by atoms with Gasteiger partial charge in [0, 0.05) is 31.5 Å². The molecule has 0 saturated heterocycles. The van der Waals surface area contributed by atoms with Gasteiger partial charge in [-0.15, -0.1) is 5.10 Å². The van der Waals surface area contributed by atoms with Gasteiger partial charge < -0.3 is 10.6 Å². The van der Waals surface area contributed by atoms with Crippen LogP contribution in [0.4, 0.5) is 11.4 Å². The molecule has 2 aromatic rings. The Morgan fingerprint density at radius 1 is 1.48 bits per heavy atom. The summed E-state index contributed by atoms with van der Waals surface area (Å²) in [5.74, 6) is -0.501. The van der Waals surface area contributed by atoms with E-state index in [-0.39, 0.29) is 11.3 Å². The van der Waals surface area contributed by atoms with Crippen LogP contribution in [-0.4, -0.2) is 39.4 Å². The number of hydrogen-bond acceptors (Lipinski definition) is 6. The van der Waals surface area contributed by atoms with Gasteiger partial charge in [0.25, 0.3) is 11.6 Å². The molecule has 0 aliphatic heterocycles. The smallest absolute Gasteiger partial charge is 0.282 e. The fourth-order valence-corrected chi connectivity index (χ4v) is 1.76. The number of aromatic nitrogens is 3. The van der Waals surface area contributed by atoms with E-state index in [1.54, 1.807) is 24.0 Å². The Morgan fingerprint density at radius 2 is 2.29 bits per heavy atom. The summed E-state index contributed by atoms with van der Waals surface area (Å²) in [4.78, 5) is 22.5. The van der Waals surface area contributed by atoms with Crippen LogP contribution in [0.5, 0.6) is 0 Å². The molecule has 1 aromatic carbocycles. The SMILES string of the molecule is CNc1ccc([N+](=O)[O-])c(C(=O)NCCn2ccnn2)c1. The fraction of sp³-hybridized carbons (Fsp3) is 0.250. The Morgan fingerprint density at radius 3 is 2.90 bits per heavy atom. The van der Waals surface area contributed by atoms with Gasteiger partial charge in [-0.05, 0) is 12.1 Å². The maximum absolute atomic E-state index is 12.1. The van der Waals surface area contributed by atoms with Gasteiger partial charge in [0.15, 0.2) is 0 Å². The second-order valence-corrected chi connectivity index (χ2v) is 4.16. The lowest BCUT2D eigenvalue weighted by Crippen LogP contribution is -2.28. The molecule has 1 amide bonds. The van der Waals surface area contributed by atoms with Crippen molar-refractivity contribution in [2.24, 2.45) is 0 Å². The minimum absolute atomic E-state index is 0.0189. The molecular weight excluding hydrogens is 276 g/mol. The third-order valence-electron chi connectivity index (χ3n) is 2.82. The van der Waals surface area contributed by atoms with Gasteiger partial charge in [-0.1, -0.05) is 5.21 Å². The van der Waals surface area contributed by atoms with E-state index < -0.39 is 10.8 Å². The first-order valence-corrected chi connectivity index (χ1v) is 6.20. The maximum atomic E-state index is 12.1. The van der Waals surface area contributed by atoms with E-state index in [2.05, 4.69) is 20.9 Å². The van der Waals surface area contributed by atoms with Crippen LogP contribution in [0.25, 0.3) is 0 Å². The highest BCUT2D eigenvalue weighted by Gasteiger charge is 2.20. The van der Waals surface area contributed by atoms with Crippen molar-refractivity contribution < 1.29 is 9.72 Å². The van der Waals surface area contributed by atoms with Gasteiger partial charge in [0.05, 0.1) is 17.7 Å². The first-order chi connectivity index (χ1) is 10.1. The minimum Gasteiger partial charge on any atom is -0.388 e. The molecule has 9 heteroatoms. The molecule has 2 N–H and O–H groups in total. The first-order valence-electron chi connectivity index (χ1n) is 6.20. The van der Waals surface area contributed by atoms with Crippen molar-refractivity contribution in [3.8, 4) is 0 Å². The van der Waals surface area contributed by atoms with Crippen molar-refractivity contribution in [3.05, 3.63) is 46.3 Å². The highest BCUT2D eigenvalue weighted by atomic mass is 16.6. The number of amides is 1. The molecule has 0 aliphatic carbocycles. The number of nitrogens with one attached hydrogen (secondary N) is 2. The summed E-state index contributed by atoms with van der Waals surface area (Å²) in [6.07, 6.45) is 3.19. The van der Waals surface area contributed by atoms with Crippen LogP contribution in [-0.2, 0) is 6.54 Å². The lowest BCUT2D eigenvalue weighted by atomic mass is 10.1. The van der Waals surface area contributed by atoms with E-state index in [4.69, 9.17) is 0 Å². The second-order valence-electron chi connectivity index (χ2n) is 4.16. The van der Waals surface area contributed by atoms with Crippen LogP contribution in [0.1, 0.15) is 10.4 Å². The van der Waals surface area contributed by atoms with Crippen molar-refractivity contribution in [3.63, 3.8) is 0 Å². The average molecular weight is 290 g/mol. The molecule has 0 bridgehead atoms. The lowest BCUT2D eigenvalue weighted by molar-refractivity contribution is -0.385. The lowest BCUT2D eigenvalue weighted by Gasteiger charge is -2.07. The number of rotatable bonds is 6.